The third-order valence-corrected chi connectivity index (χ3v) is 4.81. The molecule has 6 nitrogen and oxygen atoms in total. The van der Waals surface area contributed by atoms with E-state index in [1.807, 2.05) is 17.0 Å². The number of pyridine rings is 1. The minimum atomic E-state index is 0.00450. The van der Waals surface area contributed by atoms with E-state index < -0.39 is 0 Å². The molecule has 6 heteroatoms. The van der Waals surface area contributed by atoms with Crippen molar-refractivity contribution in [2.45, 2.75) is 26.0 Å². The lowest BCUT2D eigenvalue weighted by Crippen LogP contribution is -2.34. The number of methoxy groups -OCH3 is 1. The average molecular weight is 355 g/mol. The fourth-order valence-electron chi connectivity index (χ4n) is 3.32. The molecule has 2 unspecified atom stereocenters. The normalized spacial score (nSPS) is 19.4. The van der Waals surface area contributed by atoms with E-state index in [9.17, 15) is 4.79 Å². The van der Waals surface area contributed by atoms with Gasteiger partial charge < -0.3 is 20.1 Å². The molecular weight excluding hydrogens is 330 g/mol. The highest BCUT2D eigenvalue weighted by Gasteiger charge is 2.32. The van der Waals surface area contributed by atoms with Crippen LogP contribution in [0, 0.1) is 5.92 Å². The smallest absolute Gasteiger partial charge is 0.254 e. The van der Waals surface area contributed by atoms with Gasteiger partial charge in [-0.15, -0.1) is 0 Å². The zero-order chi connectivity index (χ0) is 18.5. The molecule has 26 heavy (non-hydrogen) atoms. The quantitative estimate of drug-likeness (QED) is 0.861. The molecule has 3 rings (SSSR count). The minimum Gasteiger partial charge on any atom is -0.493 e. The molecule has 0 radical (unpaired) electrons. The van der Waals surface area contributed by atoms with Gasteiger partial charge >= 0.3 is 0 Å². The Morgan fingerprint density at radius 3 is 2.69 bits per heavy atom. The van der Waals surface area contributed by atoms with Gasteiger partial charge in [-0.2, -0.15) is 0 Å². The number of benzene rings is 1. The predicted molar refractivity (Wildman–Crippen MR) is 99.2 cm³/mol. The van der Waals surface area contributed by atoms with E-state index in [2.05, 4.69) is 11.9 Å². The fraction of sp³-hybridized carbons (Fsp3) is 0.400. The van der Waals surface area contributed by atoms with E-state index in [4.69, 9.17) is 15.2 Å². The van der Waals surface area contributed by atoms with Crippen LogP contribution in [-0.4, -0.2) is 42.0 Å². The Morgan fingerprint density at radius 2 is 2.04 bits per heavy atom. The zero-order valence-electron chi connectivity index (χ0n) is 15.2. The van der Waals surface area contributed by atoms with Crippen LogP contribution in [0.5, 0.6) is 11.5 Å². The molecule has 0 bridgehead atoms. The second-order valence-electron chi connectivity index (χ2n) is 6.65. The second-order valence-corrected chi connectivity index (χ2v) is 6.65. The number of rotatable bonds is 6. The first kappa shape index (κ1) is 18.2. The van der Waals surface area contributed by atoms with E-state index >= 15 is 0 Å². The van der Waals surface area contributed by atoms with Crippen LogP contribution in [0.4, 0.5) is 0 Å². The summed E-state index contributed by atoms with van der Waals surface area (Å²) in [5.74, 6) is 1.53. The lowest BCUT2D eigenvalue weighted by molar-refractivity contribution is 0.0743. The molecule has 1 aliphatic heterocycles. The van der Waals surface area contributed by atoms with Crippen molar-refractivity contribution in [3.63, 3.8) is 0 Å². The maximum atomic E-state index is 12.9. The van der Waals surface area contributed by atoms with Crippen LogP contribution < -0.4 is 15.2 Å². The van der Waals surface area contributed by atoms with Crippen LogP contribution in [0.15, 0.2) is 42.7 Å². The van der Waals surface area contributed by atoms with Crippen LogP contribution >= 0.6 is 0 Å². The van der Waals surface area contributed by atoms with E-state index in [0.29, 0.717) is 42.7 Å². The van der Waals surface area contributed by atoms with Gasteiger partial charge in [0.1, 0.15) is 6.61 Å². The molecule has 2 heterocycles. The van der Waals surface area contributed by atoms with Gasteiger partial charge in [-0.3, -0.25) is 9.78 Å². The van der Waals surface area contributed by atoms with Gasteiger partial charge in [0.25, 0.3) is 5.91 Å². The second kappa shape index (κ2) is 8.19. The SMILES string of the molecule is COc1ccc(C(=O)N2CC(CN)CC2C)cc1OCc1ccncc1. The number of ether oxygens (including phenoxy) is 2. The summed E-state index contributed by atoms with van der Waals surface area (Å²) in [6.07, 6.45) is 4.39. The van der Waals surface area contributed by atoms with E-state index in [0.717, 1.165) is 12.0 Å². The number of carbonyl (C=O) groups is 1. The average Bonchev–Trinajstić information content (AvgIpc) is 3.07. The number of likely N-dealkylation sites (tertiary alicyclic amines) is 1. The number of nitrogens with zero attached hydrogens (tertiary/aromatic N) is 2. The van der Waals surface area contributed by atoms with Gasteiger partial charge in [0.2, 0.25) is 0 Å². The summed E-state index contributed by atoms with van der Waals surface area (Å²) < 4.78 is 11.3. The maximum absolute atomic E-state index is 12.9. The van der Waals surface area contributed by atoms with Crippen molar-refractivity contribution < 1.29 is 14.3 Å². The Bertz CT molecular complexity index is 751. The number of aromatic nitrogens is 1. The van der Waals surface area contributed by atoms with Crippen molar-refractivity contribution in [3.05, 3.63) is 53.9 Å². The molecule has 0 aliphatic carbocycles. The highest BCUT2D eigenvalue weighted by Crippen LogP contribution is 2.31. The fourth-order valence-corrected chi connectivity index (χ4v) is 3.32. The van der Waals surface area contributed by atoms with E-state index in [1.54, 1.807) is 37.7 Å². The summed E-state index contributed by atoms with van der Waals surface area (Å²) in [5.41, 5.74) is 7.37. The molecule has 138 valence electrons. The first-order chi connectivity index (χ1) is 12.6. The molecule has 2 atom stereocenters. The first-order valence-corrected chi connectivity index (χ1v) is 8.83. The van der Waals surface area contributed by atoms with E-state index in [1.165, 1.54) is 0 Å². The van der Waals surface area contributed by atoms with Crippen molar-refractivity contribution in [3.8, 4) is 11.5 Å². The standard InChI is InChI=1S/C20H25N3O3/c1-14-9-16(11-21)12-23(14)20(24)17-3-4-18(25-2)19(10-17)26-13-15-5-7-22-8-6-15/h3-8,10,14,16H,9,11-13,21H2,1-2H3. The third-order valence-electron chi connectivity index (χ3n) is 4.81. The monoisotopic (exact) mass is 355 g/mol. The Morgan fingerprint density at radius 1 is 1.27 bits per heavy atom. The maximum Gasteiger partial charge on any atom is 0.254 e. The zero-order valence-corrected chi connectivity index (χ0v) is 15.2. The van der Waals surface area contributed by atoms with Gasteiger partial charge in [-0.05, 0) is 61.7 Å². The van der Waals surface area contributed by atoms with Crippen LogP contribution in [0.2, 0.25) is 0 Å². The van der Waals surface area contributed by atoms with Crippen molar-refractivity contribution >= 4 is 5.91 Å². The van der Waals surface area contributed by atoms with Crippen LogP contribution in [0.1, 0.15) is 29.3 Å². The number of amides is 1. The Labute approximate surface area is 153 Å². The molecule has 2 N–H and O–H groups in total. The summed E-state index contributed by atoms with van der Waals surface area (Å²) in [7, 11) is 1.59. The number of nitrogens with two attached hydrogens (primary N) is 1. The summed E-state index contributed by atoms with van der Waals surface area (Å²) >= 11 is 0. The molecule has 0 saturated carbocycles. The van der Waals surface area contributed by atoms with Crippen molar-refractivity contribution in [2.24, 2.45) is 11.7 Å². The summed E-state index contributed by atoms with van der Waals surface area (Å²) in [4.78, 5) is 18.8. The van der Waals surface area contributed by atoms with Gasteiger partial charge in [0.05, 0.1) is 7.11 Å². The first-order valence-electron chi connectivity index (χ1n) is 8.83. The summed E-state index contributed by atoms with van der Waals surface area (Å²) in [6.45, 7) is 3.76. The molecule has 0 spiro atoms. The largest absolute Gasteiger partial charge is 0.493 e. The number of carbonyl (C=O) groups excluding carboxylic acids is 1. The van der Waals surface area contributed by atoms with Gasteiger partial charge in [0.15, 0.2) is 11.5 Å². The predicted octanol–water partition coefficient (Wildman–Crippen LogP) is 2.48. The van der Waals surface area contributed by atoms with Gasteiger partial charge in [0, 0.05) is 30.5 Å². The summed E-state index contributed by atoms with van der Waals surface area (Å²) in [5, 5.41) is 0. The molecule has 2 aromatic rings. The Hall–Kier alpha value is -2.60. The van der Waals surface area contributed by atoms with Gasteiger partial charge in [-0.1, -0.05) is 0 Å². The highest BCUT2D eigenvalue weighted by molar-refractivity contribution is 5.95. The molecule has 1 aromatic heterocycles. The van der Waals surface area contributed by atoms with Crippen molar-refractivity contribution in [1.82, 2.24) is 9.88 Å². The molecule has 1 saturated heterocycles. The molecule has 1 aliphatic rings. The number of hydrogen-bond donors (Lipinski definition) is 1. The highest BCUT2D eigenvalue weighted by atomic mass is 16.5. The van der Waals surface area contributed by atoms with Crippen molar-refractivity contribution in [2.75, 3.05) is 20.2 Å². The molecule has 1 fully saturated rings. The number of hydrogen-bond acceptors (Lipinski definition) is 5. The Balaban J connectivity index is 1.77. The topological polar surface area (TPSA) is 77.7 Å². The van der Waals surface area contributed by atoms with Gasteiger partial charge in [-0.25, -0.2) is 0 Å². The third kappa shape index (κ3) is 3.96. The Kier molecular flexibility index (Phi) is 5.73. The van der Waals surface area contributed by atoms with Crippen LogP contribution in [0.3, 0.4) is 0 Å². The molecule has 1 amide bonds. The molecule has 1 aromatic carbocycles. The van der Waals surface area contributed by atoms with Crippen molar-refractivity contribution in [1.29, 1.82) is 0 Å². The van der Waals surface area contributed by atoms with E-state index in [-0.39, 0.29) is 11.9 Å². The van der Waals surface area contributed by atoms with Crippen LogP contribution in [-0.2, 0) is 6.61 Å². The minimum absolute atomic E-state index is 0.00450. The lowest BCUT2D eigenvalue weighted by Gasteiger charge is -2.22. The van der Waals surface area contributed by atoms with Crippen LogP contribution in [0.25, 0.3) is 0 Å². The molecular formula is C20H25N3O3. The summed E-state index contributed by atoms with van der Waals surface area (Å²) in [6, 6.07) is 9.28. The lowest BCUT2D eigenvalue weighted by atomic mass is 10.1.